The summed E-state index contributed by atoms with van der Waals surface area (Å²) in [6, 6.07) is 12.7. The van der Waals surface area contributed by atoms with E-state index in [0.717, 1.165) is 15.6 Å². The molecule has 1 aromatic carbocycles. The van der Waals surface area contributed by atoms with Gasteiger partial charge < -0.3 is 5.32 Å². The zero-order valence-electron chi connectivity index (χ0n) is 15.1. The fourth-order valence-corrected chi connectivity index (χ4v) is 3.92. The molecule has 0 saturated carbocycles. The number of aromatic nitrogens is 1. The lowest BCUT2D eigenvalue weighted by Gasteiger charge is -2.10. The van der Waals surface area contributed by atoms with Crippen molar-refractivity contribution in [2.75, 3.05) is 18.1 Å². The Morgan fingerprint density at radius 2 is 2.00 bits per heavy atom. The Labute approximate surface area is 173 Å². The Bertz CT molecular complexity index is 966. The highest BCUT2D eigenvalue weighted by Gasteiger charge is 2.19. The van der Waals surface area contributed by atoms with Gasteiger partial charge >= 0.3 is 0 Å². The summed E-state index contributed by atoms with van der Waals surface area (Å²) in [6.07, 6.45) is 5.45. The first-order valence-corrected chi connectivity index (χ1v) is 11.2. The van der Waals surface area contributed by atoms with Gasteiger partial charge in [0.15, 0.2) is 9.84 Å². The molecule has 0 atom stereocenters. The van der Waals surface area contributed by atoms with Gasteiger partial charge in [0.25, 0.3) is 0 Å². The fourth-order valence-electron chi connectivity index (χ4n) is 2.42. The zero-order chi connectivity index (χ0) is 20.4. The molecule has 0 radical (unpaired) electrons. The van der Waals surface area contributed by atoms with Crippen molar-refractivity contribution in [3.63, 3.8) is 0 Å². The highest BCUT2D eigenvalue weighted by atomic mass is 79.9. The normalized spacial score (nSPS) is 11.6. The second-order valence-corrected chi connectivity index (χ2v) is 9.19. The van der Waals surface area contributed by atoms with Crippen LogP contribution in [0, 0.1) is 11.3 Å². The van der Waals surface area contributed by atoms with Crippen LogP contribution in [0.15, 0.2) is 58.8 Å². The number of benzene rings is 1. The smallest absolute Gasteiger partial charge is 0.248 e. The summed E-state index contributed by atoms with van der Waals surface area (Å²) < 4.78 is 25.4. The maximum atomic E-state index is 12.6. The predicted octanol–water partition coefficient (Wildman–Crippen LogP) is 2.91. The second kappa shape index (κ2) is 10.7. The molecule has 6 nitrogen and oxygen atoms in total. The number of rotatable bonds is 9. The SMILES string of the molecule is N#CCCS(=O)(=O)C/C(=C\c1ccc(Br)cc1)C(=O)NCCc1cccnc1. The standard InChI is InChI=1S/C20H20BrN3O3S/c21-19-6-4-16(5-7-19)13-18(15-28(26,27)12-2-9-22)20(25)24-11-8-17-3-1-10-23-14-17/h1,3-7,10,13-14H,2,8,11-12,15H2,(H,24,25)/b18-13+. The monoisotopic (exact) mass is 461 g/mol. The maximum Gasteiger partial charge on any atom is 0.248 e. The van der Waals surface area contributed by atoms with Crippen LogP contribution in [0.4, 0.5) is 0 Å². The minimum atomic E-state index is -3.56. The van der Waals surface area contributed by atoms with Crippen LogP contribution in [0.5, 0.6) is 0 Å². The molecule has 0 aliphatic rings. The van der Waals surface area contributed by atoms with E-state index < -0.39 is 21.5 Å². The summed E-state index contributed by atoms with van der Waals surface area (Å²) in [5, 5.41) is 11.4. The first kappa shape index (κ1) is 21.8. The minimum Gasteiger partial charge on any atom is -0.352 e. The van der Waals surface area contributed by atoms with Crippen LogP contribution in [0.25, 0.3) is 6.08 Å². The molecule has 0 aliphatic carbocycles. The Kier molecular flexibility index (Phi) is 8.36. The minimum absolute atomic E-state index is 0.101. The van der Waals surface area contributed by atoms with Crippen LogP contribution < -0.4 is 5.32 Å². The average Bonchev–Trinajstić information content (AvgIpc) is 2.68. The Morgan fingerprint density at radius 3 is 2.64 bits per heavy atom. The predicted molar refractivity (Wildman–Crippen MR) is 112 cm³/mol. The van der Waals surface area contributed by atoms with Gasteiger partial charge in [-0.3, -0.25) is 9.78 Å². The molecule has 2 aromatic rings. The summed E-state index contributed by atoms with van der Waals surface area (Å²) in [4.78, 5) is 16.6. The zero-order valence-corrected chi connectivity index (χ0v) is 17.5. The van der Waals surface area contributed by atoms with Gasteiger partial charge in [-0.05, 0) is 41.8 Å². The van der Waals surface area contributed by atoms with Crippen molar-refractivity contribution in [2.45, 2.75) is 12.8 Å². The Balaban J connectivity index is 2.13. The van der Waals surface area contributed by atoms with Crippen molar-refractivity contribution in [1.82, 2.24) is 10.3 Å². The lowest BCUT2D eigenvalue weighted by molar-refractivity contribution is -0.117. The van der Waals surface area contributed by atoms with E-state index in [4.69, 9.17) is 5.26 Å². The molecule has 0 spiro atoms. The van der Waals surface area contributed by atoms with Gasteiger partial charge in [0, 0.05) is 35.4 Å². The van der Waals surface area contributed by atoms with Crippen molar-refractivity contribution in [3.8, 4) is 6.07 Å². The average molecular weight is 462 g/mol. The van der Waals surface area contributed by atoms with Crippen LogP contribution in [0.2, 0.25) is 0 Å². The summed E-state index contributed by atoms with van der Waals surface area (Å²) in [7, 11) is -3.56. The molecule has 0 bridgehead atoms. The van der Waals surface area contributed by atoms with Crippen LogP contribution in [0.1, 0.15) is 17.5 Å². The summed E-state index contributed by atoms with van der Waals surface area (Å²) >= 11 is 3.34. The largest absolute Gasteiger partial charge is 0.352 e. The molecule has 1 amide bonds. The van der Waals surface area contributed by atoms with E-state index in [1.165, 1.54) is 0 Å². The number of sulfone groups is 1. The number of nitrogens with zero attached hydrogens (tertiary/aromatic N) is 2. The van der Waals surface area contributed by atoms with Crippen LogP contribution in [-0.2, 0) is 21.1 Å². The van der Waals surface area contributed by atoms with Crippen LogP contribution in [0.3, 0.4) is 0 Å². The van der Waals surface area contributed by atoms with Crippen molar-refractivity contribution in [2.24, 2.45) is 0 Å². The van der Waals surface area contributed by atoms with Crippen LogP contribution in [-0.4, -0.2) is 37.4 Å². The molecular weight excluding hydrogens is 442 g/mol. The molecule has 1 heterocycles. The molecule has 28 heavy (non-hydrogen) atoms. The number of amides is 1. The summed E-state index contributed by atoms with van der Waals surface area (Å²) in [5.41, 5.74) is 1.84. The van der Waals surface area contributed by atoms with Crippen LogP contribution >= 0.6 is 15.9 Å². The first-order valence-electron chi connectivity index (χ1n) is 8.60. The molecule has 146 valence electrons. The number of hydrogen-bond acceptors (Lipinski definition) is 5. The van der Waals surface area contributed by atoms with E-state index in [9.17, 15) is 13.2 Å². The van der Waals surface area contributed by atoms with Crippen molar-refractivity contribution in [3.05, 3.63) is 70.0 Å². The fraction of sp³-hybridized carbons (Fsp3) is 0.250. The van der Waals surface area contributed by atoms with Crippen molar-refractivity contribution in [1.29, 1.82) is 5.26 Å². The van der Waals surface area contributed by atoms with Gasteiger partial charge in [0.1, 0.15) is 0 Å². The number of carbonyl (C=O) groups excluding carboxylic acids is 1. The third kappa shape index (κ3) is 7.62. The van der Waals surface area contributed by atoms with E-state index >= 15 is 0 Å². The molecule has 0 saturated heterocycles. The van der Waals surface area contributed by atoms with Gasteiger partial charge in [0.05, 0.1) is 17.6 Å². The quantitative estimate of drug-likeness (QED) is 0.578. The van der Waals surface area contributed by atoms with Gasteiger partial charge in [-0.2, -0.15) is 5.26 Å². The van der Waals surface area contributed by atoms with E-state index in [1.807, 2.05) is 30.3 Å². The molecule has 0 aliphatic heterocycles. The Hall–Kier alpha value is -2.50. The van der Waals surface area contributed by atoms with E-state index in [0.29, 0.717) is 13.0 Å². The first-order chi connectivity index (χ1) is 13.4. The molecule has 0 fully saturated rings. The highest BCUT2D eigenvalue weighted by Crippen LogP contribution is 2.15. The van der Waals surface area contributed by atoms with E-state index in [1.54, 1.807) is 30.6 Å². The van der Waals surface area contributed by atoms with Crippen molar-refractivity contribution >= 4 is 37.8 Å². The highest BCUT2D eigenvalue weighted by molar-refractivity contribution is 9.10. The number of halogens is 1. The number of carbonyl (C=O) groups is 1. The molecule has 1 N–H and O–H groups in total. The molecule has 0 unspecified atom stereocenters. The lowest BCUT2D eigenvalue weighted by atomic mass is 10.1. The second-order valence-electron chi connectivity index (χ2n) is 6.09. The van der Waals surface area contributed by atoms with E-state index in [2.05, 4.69) is 26.2 Å². The third-order valence-corrected chi connectivity index (χ3v) is 5.93. The lowest BCUT2D eigenvalue weighted by Crippen LogP contribution is -2.30. The summed E-state index contributed by atoms with van der Waals surface area (Å²) in [6.45, 7) is 0.362. The van der Waals surface area contributed by atoms with Gasteiger partial charge in [-0.15, -0.1) is 0 Å². The number of nitrogens with one attached hydrogen (secondary N) is 1. The Morgan fingerprint density at radius 1 is 1.25 bits per heavy atom. The maximum absolute atomic E-state index is 12.6. The van der Waals surface area contributed by atoms with E-state index in [-0.39, 0.29) is 17.7 Å². The molecule has 1 aromatic heterocycles. The van der Waals surface area contributed by atoms with Gasteiger partial charge in [0.2, 0.25) is 5.91 Å². The number of pyridine rings is 1. The third-order valence-electron chi connectivity index (χ3n) is 3.82. The number of nitriles is 1. The van der Waals surface area contributed by atoms with Crippen molar-refractivity contribution < 1.29 is 13.2 Å². The number of hydrogen-bond donors (Lipinski definition) is 1. The molecule has 8 heteroatoms. The summed E-state index contributed by atoms with van der Waals surface area (Å²) in [5.74, 6) is -1.12. The molecular formula is C20H20BrN3O3S. The molecule has 2 rings (SSSR count). The van der Waals surface area contributed by atoms with Gasteiger partial charge in [-0.1, -0.05) is 34.1 Å². The van der Waals surface area contributed by atoms with Gasteiger partial charge in [-0.25, -0.2) is 8.42 Å². The topological polar surface area (TPSA) is 99.9 Å².